The van der Waals surface area contributed by atoms with Crippen molar-refractivity contribution in [1.29, 1.82) is 0 Å². The zero-order chi connectivity index (χ0) is 28.7. The molecule has 15 nitrogen and oxygen atoms in total. The monoisotopic (exact) mass is 585 g/mol. The molecule has 2 aliphatic heterocycles. The molecule has 0 bridgehead atoms. The number of β-lactam (4-membered cyclic amide) rings is 1. The van der Waals surface area contributed by atoms with Crippen LogP contribution in [0.3, 0.4) is 0 Å². The Hall–Kier alpha value is -3.70. The van der Waals surface area contributed by atoms with E-state index in [9.17, 15) is 24.0 Å². The van der Waals surface area contributed by atoms with Crippen LogP contribution in [0.15, 0.2) is 21.8 Å². The Balaban J connectivity index is 1.74. The summed E-state index contributed by atoms with van der Waals surface area (Å²) in [6, 6.07) is -1.00. The molecule has 3 heterocycles. The number of nitrogens with one attached hydrogen (secondary N) is 2. The van der Waals surface area contributed by atoms with Gasteiger partial charge in [0, 0.05) is 25.2 Å². The fraction of sp³-hybridized carbons (Fsp3) is 0.500. The lowest BCUT2D eigenvalue weighted by atomic mass is 10.0. The Kier molecular flexibility index (Phi) is 10.2. The van der Waals surface area contributed by atoms with Gasteiger partial charge in [0.15, 0.2) is 10.8 Å². The second kappa shape index (κ2) is 13.4. The summed E-state index contributed by atoms with van der Waals surface area (Å²) in [5, 5.41) is 9.77. The Morgan fingerprint density at radius 2 is 1.97 bits per heavy atom. The molecule has 3 atom stereocenters. The molecule has 3 rings (SSSR count). The third-order valence-electron chi connectivity index (χ3n) is 5.04. The number of carbonyl (C=O) groups excluding carboxylic acids is 5. The Bertz CT molecular complexity index is 1180. The number of aromatic nitrogens is 1. The zero-order valence-corrected chi connectivity index (χ0v) is 23.3. The highest BCUT2D eigenvalue weighted by atomic mass is 32.2. The van der Waals surface area contributed by atoms with Gasteiger partial charge >= 0.3 is 12.1 Å². The molecule has 39 heavy (non-hydrogen) atoms. The fourth-order valence-corrected chi connectivity index (χ4v) is 5.53. The van der Waals surface area contributed by atoms with Crippen molar-refractivity contribution in [2.24, 2.45) is 5.16 Å². The fourth-order valence-electron chi connectivity index (χ4n) is 3.55. The lowest BCUT2D eigenvalue weighted by Gasteiger charge is -2.49. The summed E-state index contributed by atoms with van der Waals surface area (Å²) < 4.78 is 20.2. The normalized spacial score (nSPS) is 19.5. The first kappa shape index (κ1) is 29.9. The van der Waals surface area contributed by atoms with Gasteiger partial charge in [-0.05, 0) is 19.4 Å². The molecule has 0 aromatic carbocycles. The topological polar surface area (TPSA) is 184 Å². The third kappa shape index (κ3) is 7.04. The van der Waals surface area contributed by atoms with E-state index in [4.69, 9.17) is 23.8 Å². The van der Waals surface area contributed by atoms with E-state index in [-0.39, 0.29) is 28.8 Å². The zero-order valence-electron chi connectivity index (χ0n) is 21.6. The van der Waals surface area contributed by atoms with Crippen LogP contribution in [-0.2, 0) is 43.0 Å². The largest absolute Gasteiger partial charge is 0.511 e. The number of methoxy groups -OCH3 is 1. The van der Waals surface area contributed by atoms with Gasteiger partial charge in [-0.1, -0.05) is 5.16 Å². The minimum Gasteiger partial charge on any atom is -0.431 e. The van der Waals surface area contributed by atoms with Crippen LogP contribution in [0.2, 0.25) is 0 Å². The molecular weight excluding hydrogens is 558 g/mol. The van der Waals surface area contributed by atoms with Crippen LogP contribution in [0, 0.1) is 0 Å². The van der Waals surface area contributed by atoms with Crippen molar-refractivity contribution in [1.82, 2.24) is 15.2 Å². The van der Waals surface area contributed by atoms with Crippen LogP contribution in [-0.4, -0.2) is 96.3 Å². The number of thioether (sulfide) groups is 1. The number of carbonyl (C=O) groups is 5. The van der Waals surface area contributed by atoms with E-state index >= 15 is 0 Å². The summed E-state index contributed by atoms with van der Waals surface area (Å²) in [4.78, 5) is 71.7. The number of nitrogens with zero attached hydrogens (tertiary/aromatic N) is 3. The first-order valence-electron chi connectivity index (χ1n) is 11.4. The maximum atomic E-state index is 13.2. The van der Waals surface area contributed by atoms with Gasteiger partial charge < -0.3 is 34.4 Å². The highest BCUT2D eigenvalue weighted by molar-refractivity contribution is 8.00. The summed E-state index contributed by atoms with van der Waals surface area (Å²) in [5.41, 5.74) is 0.339. The van der Waals surface area contributed by atoms with Crippen molar-refractivity contribution in [3.05, 3.63) is 22.3 Å². The molecule has 0 aliphatic carbocycles. The SMILES string of the molecule is COCC1=C(C(=O)OC(C)OC(=O)OC(C)C)N2C(=O)[C@@H](NC(=O)/C(=N/OC)c3csc(NC=O)n3)[C@H]2SC1. The Morgan fingerprint density at radius 1 is 1.23 bits per heavy atom. The van der Waals surface area contributed by atoms with Gasteiger partial charge in [-0.2, -0.15) is 0 Å². The molecule has 0 spiro atoms. The van der Waals surface area contributed by atoms with Gasteiger partial charge in [0.05, 0.1) is 12.7 Å². The van der Waals surface area contributed by atoms with E-state index in [2.05, 4.69) is 20.8 Å². The van der Waals surface area contributed by atoms with E-state index in [0.29, 0.717) is 17.7 Å². The van der Waals surface area contributed by atoms with Crippen molar-refractivity contribution < 1.29 is 47.8 Å². The average Bonchev–Trinajstić information content (AvgIpc) is 3.33. The predicted octanol–water partition coefficient (Wildman–Crippen LogP) is 0.813. The molecule has 212 valence electrons. The highest BCUT2D eigenvalue weighted by Gasteiger charge is 2.55. The van der Waals surface area contributed by atoms with Gasteiger partial charge in [0.25, 0.3) is 11.8 Å². The molecule has 0 saturated carbocycles. The molecular formula is C22H27N5O10S2. The van der Waals surface area contributed by atoms with Crippen LogP contribution < -0.4 is 10.6 Å². The molecule has 1 saturated heterocycles. The lowest BCUT2D eigenvalue weighted by molar-refractivity contribution is -0.169. The van der Waals surface area contributed by atoms with E-state index in [1.807, 2.05) is 0 Å². The maximum absolute atomic E-state index is 13.2. The number of amides is 3. The number of hydrogen-bond acceptors (Lipinski definition) is 14. The van der Waals surface area contributed by atoms with Crippen molar-refractivity contribution in [2.45, 2.75) is 44.6 Å². The number of ether oxygens (including phenoxy) is 4. The quantitative estimate of drug-likeness (QED) is 0.0880. The van der Waals surface area contributed by atoms with Crippen molar-refractivity contribution in [3.8, 4) is 0 Å². The summed E-state index contributed by atoms with van der Waals surface area (Å²) in [6.07, 6.45) is -2.31. The average molecular weight is 586 g/mol. The first-order chi connectivity index (χ1) is 18.6. The van der Waals surface area contributed by atoms with Gasteiger partial charge in [-0.15, -0.1) is 23.1 Å². The minimum absolute atomic E-state index is 0.0429. The third-order valence-corrected chi connectivity index (χ3v) is 7.15. The first-order valence-corrected chi connectivity index (χ1v) is 13.4. The molecule has 2 aliphatic rings. The summed E-state index contributed by atoms with van der Waals surface area (Å²) in [5.74, 6) is -1.93. The summed E-state index contributed by atoms with van der Waals surface area (Å²) in [6.45, 7) is 4.64. The van der Waals surface area contributed by atoms with Gasteiger partial charge in [0.2, 0.25) is 12.7 Å². The van der Waals surface area contributed by atoms with Crippen molar-refractivity contribution in [2.75, 3.05) is 31.9 Å². The lowest BCUT2D eigenvalue weighted by Crippen LogP contribution is -2.71. The molecule has 17 heteroatoms. The van der Waals surface area contributed by atoms with Crippen LogP contribution in [0.5, 0.6) is 0 Å². The van der Waals surface area contributed by atoms with E-state index < -0.39 is 47.7 Å². The number of thiazole rings is 1. The van der Waals surface area contributed by atoms with Crippen molar-refractivity contribution >= 4 is 64.3 Å². The van der Waals surface area contributed by atoms with E-state index in [0.717, 1.165) is 11.3 Å². The predicted molar refractivity (Wildman–Crippen MR) is 138 cm³/mol. The molecule has 3 amide bonds. The summed E-state index contributed by atoms with van der Waals surface area (Å²) >= 11 is 2.37. The number of esters is 1. The van der Waals surface area contributed by atoms with Gasteiger partial charge in [0.1, 0.15) is 29.9 Å². The summed E-state index contributed by atoms with van der Waals surface area (Å²) in [7, 11) is 2.68. The van der Waals surface area contributed by atoms with Crippen LogP contribution in [0.25, 0.3) is 0 Å². The molecule has 1 unspecified atom stereocenters. The van der Waals surface area contributed by atoms with E-state index in [1.165, 1.54) is 43.2 Å². The Morgan fingerprint density at radius 3 is 2.62 bits per heavy atom. The molecule has 0 radical (unpaired) electrons. The van der Waals surface area contributed by atoms with Crippen LogP contribution >= 0.6 is 23.1 Å². The number of oxime groups is 1. The standard InChI is InChI=1S/C22H27N5O10S2/c1-10(2)35-22(32)37-11(3)36-20(31)16-12(6-33-4)7-38-19-15(18(30)27(16)19)25-17(29)14(26-34-5)13-8-39-21(24-13)23-9-28/h8-11,15,19H,6-7H2,1-5H3,(H,25,29)(H,23,24,28)/b26-14+/t11?,15-,19-/m1/s1. The second-order valence-electron chi connectivity index (χ2n) is 8.18. The van der Waals surface area contributed by atoms with Crippen molar-refractivity contribution in [3.63, 3.8) is 0 Å². The van der Waals surface area contributed by atoms with Gasteiger partial charge in [-0.3, -0.25) is 19.3 Å². The maximum Gasteiger partial charge on any atom is 0.511 e. The molecule has 2 N–H and O–H groups in total. The molecule has 1 aromatic rings. The smallest absolute Gasteiger partial charge is 0.431 e. The van der Waals surface area contributed by atoms with Gasteiger partial charge in [-0.25, -0.2) is 14.6 Å². The number of anilines is 1. The van der Waals surface area contributed by atoms with E-state index in [1.54, 1.807) is 13.8 Å². The number of rotatable bonds is 12. The molecule has 1 aromatic heterocycles. The highest BCUT2D eigenvalue weighted by Crippen LogP contribution is 2.41. The molecule has 1 fully saturated rings. The Labute approximate surface area is 231 Å². The second-order valence-corrected chi connectivity index (χ2v) is 10.1. The minimum atomic E-state index is -1.30. The number of fused-ring (bicyclic) bond motifs is 1. The van der Waals surface area contributed by atoms with Crippen LogP contribution in [0.1, 0.15) is 26.5 Å². The number of hydrogen-bond donors (Lipinski definition) is 2. The van der Waals surface area contributed by atoms with Crippen LogP contribution in [0.4, 0.5) is 9.93 Å².